The predicted octanol–water partition coefficient (Wildman–Crippen LogP) is 2.68. The number of benzene rings is 1. The van der Waals surface area contributed by atoms with Crippen LogP contribution in [0.15, 0.2) is 61.1 Å². The van der Waals surface area contributed by atoms with E-state index in [0.717, 1.165) is 11.3 Å². The fourth-order valence-corrected chi connectivity index (χ4v) is 2.25. The third-order valence-electron chi connectivity index (χ3n) is 3.32. The van der Waals surface area contributed by atoms with E-state index in [1.807, 2.05) is 43.3 Å². The van der Waals surface area contributed by atoms with Crippen LogP contribution in [-0.4, -0.2) is 25.7 Å². The third kappa shape index (κ3) is 4.13. The molecule has 2 aromatic heterocycles. The van der Waals surface area contributed by atoms with Crippen LogP contribution in [0.1, 0.15) is 17.0 Å². The molecule has 120 valence electrons. The van der Waals surface area contributed by atoms with Gasteiger partial charge in [-0.3, -0.25) is 14.8 Å². The van der Waals surface area contributed by atoms with E-state index in [0.29, 0.717) is 18.1 Å². The van der Waals surface area contributed by atoms with Gasteiger partial charge in [0.25, 0.3) is 0 Å². The van der Waals surface area contributed by atoms with Gasteiger partial charge in [0.05, 0.1) is 24.1 Å². The van der Waals surface area contributed by atoms with Crippen molar-refractivity contribution in [2.75, 3.05) is 5.32 Å². The smallest absolute Gasteiger partial charge is 0.249 e. The first-order valence-electron chi connectivity index (χ1n) is 7.54. The van der Waals surface area contributed by atoms with E-state index in [9.17, 15) is 4.79 Å². The average molecular weight is 319 g/mol. The van der Waals surface area contributed by atoms with Crippen LogP contribution in [0.3, 0.4) is 0 Å². The van der Waals surface area contributed by atoms with Crippen LogP contribution in [0.5, 0.6) is 0 Å². The first-order chi connectivity index (χ1) is 11.7. The number of anilines is 1. The van der Waals surface area contributed by atoms with Gasteiger partial charge in [0.15, 0.2) is 0 Å². The number of amides is 1. The Morgan fingerprint density at radius 2 is 2.08 bits per heavy atom. The Morgan fingerprint density at radius 3 is 2.83 bits per heavy atom. The van der Waals surface area contributed by atoms with Gasteiger partial charge in [-0.05, 0) is 18.6 Å². The molecule has 0 unspecified atom stereocenters. The number of carbonyl (C=O) groups excluding carboxylic acids is 1. The summed E-state index contributed by atoms with van der Waals surface area (Å²) in [6, 6.07) is 11.8. The lowest BCUT2D eigenvalue weighted by Gasteiger charge is -2.07. The van der Waals surface area contributed by atoms with Crippen molar-refractivity contribution < 1.29 is 4.79 Å². The summed E-state index contributed by atoms with van der Waals surface area (Å²) in [4.78, 5) is 20.2. The zero-order valence-corrected chi connectivity index (χ0v) is 13.3. The van der Waals surface area contributed by atoms with Crippen molar-refractivity contribution in [2.45, 2.75) is 13.5 Å². The highest BCUT2D eigenvalue weighted by atomic mass is 16.1. The topological polar surface area (TPSA) is 72.7 Å². The van der Waals surface area contributed by atoms with E-state index in [1.54, 1.807) is 29.3 Å². The van der Waals surface area contributed by atoms with Crippen LogP contribution in [0.2, 0.25) is 0 Å². The van der Waals surface area contributed by atoms with Gasteiger partial charge in [-0.25, -0.2) is 4.68 Å². The van der Waals surface area contributed by atoms with Crippen molar-refractivity contribution >= 4 is 17.8 Å². The Balaban J connectivity index is 1.71. The number of rotatable bonds is 5. The Kier molecular flexibility index (Phi) is 4.76. The summed E-state index contributed by atoms with van der Waals surface area (Å²) in [7, 11) is 0. The minimum absolute atomic E-state index is 0.241. The molecule has 0 saturated carbocycles. The van der Waals surface area contributed by atoms with Crippen molar-refractivity contribution in [1.82, 2.24) is 19.7 Å². The van der Waals surface area contributed by atoms with Gasteiger partial charge in [0.2, 0.25) is 5.91 Å². The van der Waals surface area contributed by atoms with Gasteiger partial charge in [-0.15, -0.1) is 0 Å². The van der Waals surface area contributed by atoms with Gasteiger partial charge >= 0.3 is 0 Å². The minimum Gasteiger partial charge on any atom is -0.307 e. The van der Waals surface area contributed by atoms with Gasteiger partial charge < -0.3 is 5.32 Å². The van der Waals surface area contributed by atoms with Crippen molar-refractivity contribution in [3.8, 4) is 0 Å². The third-order valence-corrected chi connectivity index (χ3v) is 3.32. The van der Waals surface area contributed by atoms with Crippen LogP contribution in [-0.2, 0) is 11.3 Å². The van der Waals surface area contributed by atoms with Crippen molar-refractivity contribution in [2.24, 2.45) is 0 Å². The molecule has 0 radical (unpaired) electrons. The molecular formula is C18H17N5O. The summed E-state index contributed by atoms with van der Waals surface area (Å²) >= 11 is 0. The molecule has 0 aliphatic carbocycles. The molecule has 1 aromatic carbocycles. The van der Waals surface area contributed by atoms with E-state index >= 15 is 0 Å². The second-order valence-electron chi connectivity index (χ2n) is 5.27. The van der Waals surface area contributed by atoms with Crippen molar-refractivity contribution in [3.63, 3.8) is 0 Å². The Hall–Kier alpha value is -3.28. The Bertz CT molecular complexity index is 840. The molecule has 0 aliphatic heterocycles. The molecule has 24 heavy (non-hydrogen) atoms. The molecule has 0 aliphatic rings. The van der Waals surface area contributed by atoms with E-state index in [-0.39, 0.29) is 5.91 Å². The maximum atomic E-state index is 12.1. The van der Waals surface area contributed by atoms with Crippen molar-refractivity contribution in [1.29, 1.82) is 0 Å². The fraction of sp³-hybridized carbons (Fsp3) is 0.111. The van der Waals surface area contributed by atoms with Crippen LogP contribution >= 0.6 is 0 Å². The number of aromatic nitrogens is 4. The van der Waals surface area contributed by atoms with Crippen LogP contribution in [0.4, 0.5) is 5.82 Å². The highest BCUT2D eigenvalue weighted by Crippen LogP contribution is 2.13. The molecule has 0 spiro atoms. The van der Waals surface area contributed by atoms with Gasteiger partial charge in [0.1, 0.15) is 5.82 Å². The molecule has 1 N–H and O–H groups in total. The predicted molar refractivity (Wildman–Crippen MR) is 92.2 cm³/mol. The number of nitrogens with one attached hydrogen (secondary N) is 1. The molecule has 1 amide bonds. The molecule has 3 rings (SSSR count). The van der Waals surface area contributed by atoms with Crippen LogP contribution in [0, 0.1) is 6.92 Å². The van der Waals surface area contributed by atoms with Crippen LogP contribution in [0.25, 0.3) is 6.08 Å². The lowest BCUT2D eigenvalue weighted by Crippen LogP contribution is -2.13. The monoisotopic (exact) mass is 319 g/mol. The number of hydrogen-bond acceptors (Lipinski definition) is 4. The van der Waals surface area contributed by atoms with Crippen molar-refractivity contribution in [3.05, 3.63) is 78.0 Å². The average Bonchev–Trinajstić information content (AvgIpc) is 2.94. The normalized spacial score (nSPS) is 10.9. The first-order valence-corrected chi connectivity index (χ1v) is 7.54. The number of nitrogens with zero attached hydrogens (tertiary/aromatic N) is 4. The maximum Gasteiger partial charge on any atom is 0.249 e. The van der Waals surface area contributed by atoms with Gasteiger partial charge in [-0.2, -0.15) is 5.10 Å². The van der Waals surface area contributed by atoms with E-state index < -0.39 is 0 Å². The SMILES string of the molecule is Cc1cc(NC(=O)/C=C/c2cnccn2)n(Cc2ccccc2)n1. The molecule has 0 saturated heterocycles. The molecule has 0 bridgehead atoms. The number of aryl methyl sites for hydroxylation is 1. The number of hydrogen-bond donors (Lipinski definition) is 1. The summed E-state index contributed by atoms with van der Waals surface area (Å²) in [5, 5.41) is 7.28. The Labute approximate surface area is 139 Å². The van der Waals surface area contributed by atoms with Gasteiger partial charge in [0, 0.05) is 24.5 Å². The Morgan fingerprint density at radius 1 is 1.25 bits per heavy atom. The summed E-state index contributed by atoms with van der Waals surface area (Å²) in [6.07, 6.45) is 7.80. The largest absolute Gasteiger partial charge is 0.307 e. The van der Waals surface area contributed by atoms with Gasteiger partial charge in [-0.1, -0.05) is 30.3 Å². The second-order valence-corrected chi connectivity index (χ2v) is 5.27. The molecule has 0 fully saturated rings. The summed E-state index contributed by atoms with van der Waals surface area (Å²) in [5.74, 6) is 0.417. The second kappa shape index (κ2) is 7.32. The molecular weight excluding hydrogens is 302 g/mol. The van der Waals surface area contributed by atoms with E-state index in [4.69, 9.17) is 0 Å². The molecule has 6 nitrogen and oxygen atoms in total. The summed E-state index contributed by atoms with van der Waals surface area (Å²) < 4.78 is 1.78. The molecule has 2 heterocycles. The maximum absolute atomic E-state index is 12.1. The highest BCUT2D eigenvalue weighted by Gasteiger charge is 2.08. The zero-order valence-electron chi connectivity index (χ0n) is 13.3. The van der Waals surface area contributed by atoms with Crippen LogP contribution < -0.4 is 5.32 Å². The lowest BCUT2D eigenvalue weighted by molar-refractivity contribution is -0.111. The fourth-order valence-electron chi connectivity index (χ4n) is 2.25. The minimum atomic E-state index is -0.241. The molecule has 0 atom stereocenters. The number of carbonyl (C=O) groups is 1. The lowest BCUT2D eigenvalue weighted by atomic mass is 10.2. The quantitative estimate of drug-likeness (QED) is 0.734. The summed E-state index contributed by atoms with van der Waals surface area (Å²) in [6.45, 7) is 2.49. The van der Waals surface area contributed by atoms with E-state index in [2.05, 4.69) is 20.4 Å². The van der Waals surface area contributed by atoms with E-state index in [1.165, 1.54) is 6.08 Å². The molecule has 6 heteroatoms. The summed E-state index contributed by atoms with van der Waals surface area (Å²) in [5.41, 5.74) is 2.59. The highest BCUT2D eigenvalue weighted by molar-refractivity contribution is 6.01. The molecule has 3 aromatic rings. The zero-order chi connectivity index (χ0) is 16.8. The standard InChI is InChI=1S/C18H17N5O/c1-14-11-17(23(22-14)13-15-5-3-2-4-6-15)21-18(24)8-7-16-12-19-9-10-20-16/h2-12H,13H2,1H3,(H,21,24)/b8-7+. The first kappa shape index (κ1) is 15.6.